The van der Waals surface area contributed by atoms with Crippen LogP contribution in [-0.4, -0.2) is 37.0 Å². The Bertz CT molecular complexity index is 633. The quantitative estimate of drug-likeness (QED) is 0.522. The van der Waals surface area contributed by atoms with E-state index in [4.69, 9.17) is 0 Å². The predicted octanol–water partition coefficient (Wildman–Crippen LogP) is 1.50. The Morgan fingerprint density at radius 3 is 2.48 bits per heavy atom. The summed E-state index contributed by atoms with van der Waals surface area (Å²) in [6.45, 7) is 4.83. The predicted molar refractivity (Wildman–Crippen MR) is 91.1 cm³/mol. The Morgan fingerprint density at radius 2 is 1.92 bits per heavy atom. The largest absolute Gasteiger partial charge is 0.467 e. The third-order valence-electron chi connectivity index (χ3n) is 3.54. The van der Waals surface area contributed by atoms with Crippen molar-refractivity contribution in [3.8, 4) is 0 Å². The van der Waals surface area contributed by atoms with Gasteiger partial charge < -0.3 is 15.4 Å². The number of rotatable bonds is 9. The number of amides is 2. The summed E-state index contributed by atoms with van der Waals surface area (Å²) < 4.78 is 18.5. The summed E-state index contributed by atoms with van der Waals surface area (Å²) in [6, 6.07) is 4.11. The highest BCUT2D eigenvalue weighted by Gasteiger charge is 2.27. The van der Waals surface area contributed by atoms with Crippen molar-refractivity contribution in [3.63, 3.8) is 0 Å². The Morgan fingerprint density at radius 1 is 1.24 bits per heavy atom. The molecule has 2 amide bonds. The van der Waals surface area contributed by atoms with Crippen LogP contribution in [0.5, 0.6) is 0 Å². The molecule has 0 fully saturated rings. The van der Waals surface area contributed by atoms with Crippen LogP contribution < -0.4 is 10.6 Å². The molecule has 25 heavy (non-hydrogen) atoms. The van der Waals surface area contributed by atoms with E-state index in [0.717, 1.165) is 0 Å². The number of esters is 1. The molecular formula is C18H23FN2O4. The molecule has 2 atom stereocenters. The molecule has 1 rings (SSSR count). The number of hydrogen-bond acceptors (Lipinski definition) is 4. The SMILES string of the molecule is C=CCC[C@@H](NC(=O)[C@H](Cc1ccccc1F)NC(C)=O)C(=O)OC. The summed E-state index contributed by atoms with van der Waals surface area (Å²) in [5.41, 5.74) is 0.289. The highest BCUT2D eigenvalue weighted by Crippen LogP contribution is 2.10. The average molecular weight is 350 g/mol. The number of ether oxygens (including phenoxy) is 1. The molecule has 1 aromatic rings. The third kappa shape index (κ3) is 6.74. The molecular weight excluding hydrogens is 327 g/mol. The highest BCUT2D eigenvalue weighted by atomic mass is 19.1. The second-order valence-electron chi connectivity index (χ2n) is 5.50. The smallest absolute Gasteiger partial charge is 0.328 e. The van der Waals surface area contributed by atoms with Crippen LogP contribution in [0.15, 0.2) is 36.9 Å². The molecule has 0 aliphatic rings. The maximum atomic E-state index is 13.8. The van der Waals surface area contributed by atoms with E-state index in [-0.39, 0.29) is 12.0 Å². The second-order valence-corrected chi connectivity index (χ2v) is 5.50. The molecule has 0 spiro atoms. The van der Waals surface area contributed by atoms with E-state index in [1.807, 2.05) is 0 Å². The fourth-order valence-electron chi connectivity index (χ4n) is 2.29. The van der Waals surface area contributed by atoms with Gasteiger partial charge in [0.1, 0.15) is 17.9 Å². The lowest BCUT2D eigenvalue weighted by Crippen LogP contribution is -2.52. The summed E-state index contributed by atoms with van der Waals surface area (Å²) in [4.78, 5) is 35.7. The van der Waals surface area contributed by atoms with E-state index >= 15 is 0 Å². The fourth-order valence-corrected chi connectivity index (χ4v) is 2.29. The van der Waals surface area contributed by atoms with Gasteiger partial charge in [-0.1, -0.05) is 24.3 Å². The molecule has 0 radical (unpaired) electrons. The standard InChI is InChI=1S/C18H23FN2O4/c1-4-5-10-15(18(24)25-3)21-17(23)16(20-12(2)22)11-13-8-6-7-9-14(13)19/h4,6-9,15-16H,1,5,10-11H2,2-3H3,(H,20,22)(H,21,23)/t15-,16+/m1/s1. The number of carbonyl (C=O) groups excluding carboxylic acids is 3. The summed E-state index contributed by atoms with van der Waals surface area (Å²) in [6.07, 6.45) is 2.40. The number of halogens is 1. The number of methoxy groups -OCH3 is 1. The fraction of sp³-hybridized carbons (Fsp3) is 0.389. The van der Waals surface area contributed by atoms with Crippen LogP contribution in [0.4, 0.5) is 4.39 Å². The van der Waals surface area contributed by atoms with E-state index in [1.165, 1.54) is 32.2 Å². The summed E-state index contributed by atoms with van der Waals surface area (Å²) in [5.74, 6) is -2.08. The van der Waals surface area contributed by atoms with Crippen LogP contribution in [0.3, 0.4) is 0 Å². The first kappa shape index (κ1) is 20.3. The molecule has 0 aliphatic carbocycles. The zero-order valence-electron chi connectivity index (χ0n) is 14.4. The van der Waals surface area contributed by atoms with Gasteiger partial charge in [0.25, 0.3) is 0 Å². The zero-order valence-corrected chi connectivity index (χ0v) is 14.4. The van der Waals surface area contributed by atoms with Crippen LogP contribution in [0.2, 0.25) is 0 Å². The van der Waals surface area contributed by atoms with Crippen molar-refractivity contribution in [3.05, 3.63) is 48.3 Å². The molecule has 6 nitrogen and oxygen atoms in total. The Hall–Kier alpha value is -2.70. The van der Waals surface area contributed by atoms with Crippen LogP contribution in [0.25, 0.3) is 0 Å². The minimum atomic E-state index is -1.01. The highest BCUT2D eigenvalue weighted by molar-refractivity contribution is 5.90. The van der Waals surface area contributed by atoms with Crippen LogP contribution >= 0.6 is 0 Å². The maximum absolute atomic E-state index is 13.8. The van der Waals surface area contributed by atoms with Gasteiger partial charge in [-0.25, -0.2) is 9.18 Å². The monoisotopic (exact) mass is 350 g/mol. The van der Waals surface area contributed by atoms with Gasteiger partial charge >= 0.3 is 5.97 Å². The first-order chi connectivity index (χ1) is 11.9. The lowest BCUT2D eigenvalue weighted by molar-refractivity contribution is -0.145. The van der Waals surface area contributed by atoms with Crippen molar-refractivity contribution >= 4 is 17.8 Å². The van der Waals surface area contributed by atoms with Gasteiger partial charge in [-0.15, -0.1) is 6.58 Å². The molecule has 0 unspecified atom stereocenters. The van der Waals surface area contributed by atoms with Gasteiger partial charge in [0.05, 0.1) is 7.11 Å². The van der Waals surface area contributed by atoms with Crippen molar-refractivity contribution in [2.45, 2.75) is 38.3 Å². The molecule has 7 heteroatoms. The summed E-state index contributed by atoms with van der Waals surface area (Å²) in [5, 5.41) is 5.03. The van der Waals surface area contributed by atoms with Gasteiger partial charge in [-0.05, 0) is 24.5 Å². The first-order valence-electron chi connectivity index (χ1n) is 7.88. The van der Waals surface area contributed by atoms with Crippen molar-refractivity contribution in [2.75, 3.05) is 7.11 Å². The molecule has 0 saturated carbocycles. The zero-order chi connectivity index (χ0) is 18.8. The van der Waals surface area contributed by atoms with E-state index in [2.05, 4.69) is 21.9 Å². The number of nitrogens with one attached hydrogen (secondary N) is 2. The van der Waals surface area contributed by atoms with Crippen LogP contribution in [-0.2, 0) is 25.5 Å². The molecule has 0 aromatic heterocycles. The maximum Gasteiger partial charge on any atom is 0.328 e. The molecule has 1 aromatic carbocycles. The third-order valence-corrected chi connectivity index (χ3v) is 3.54. The summed E-state index contributed by atoms with van der Waals surface area (Å²) in [7, 11) is 1.22. The van der Waals surface area contributed by atoms with E-state index in [1.54, 1.807) is 12.1 Å². The lowest BCUT2D eigenvalue weighted by Gasteiger charge is -2.22. The van der Waals surface area contributed by atoms with Crippen molar-refractivity contribution in [1.82, 2.24) is 10.6 Å². The van der Waals surface area contributed by atoms with Crippen LogP contribution in [0.1, 0.15) is 25.3 Å². The van der Waals surface area contributed by atoms with Gasteiger partial charge in [0.2, 0.25) is 11.8 Å². The molecule has 136 valence electrons. The minimum Gasteiger partial charge on any atom is -0.467 e. The molecule has 2 N–H and O–H groups in total. The number of carbonyl (C=O) groups is 3. The van der Waals surface area contributed by atoms with Gasteiger partial charge in [0.15, 0.2) is 0 Å². The second kappa shape index (κ2) is 10.2. The molecule has 0 saturated heterocycles. The van der Waals surface area contributed by atoms with Gasteiger partial charge in [-0.2, -0.15) is 0 Å². The van der Waals surface area contributed by atoms with Crippen LogP contribution in [0, 0.1) is 5.82 Å². The summed E-state index contributed by atoms with van der Waals surface area (Å²) >= 11 is 0. The lowest BCUT2D eigenvalue weighted by atomic mass is 10.0. The Balaban J connectivity index is 2.90. The minimum absolute atomic E-state index is 0.0343. The number of benzene rings is 1. The van der Waals surface area contributed by atoms with E-state index < -0.39 is 35.7 Å². The Kier molecular flexibility index (Phi) is 8.32. The first-order valence-corrected chi connectivity index (χ1v) is 7.88. The normalized spacial score (nSPS) is 12.6. The van der Waals surface area contributed by atoms with E-state index in [0.29, 0.717) is 12.8 Å². The molecule has 0 bridgehead atoms. The van der Waals surface area contributed by atoms with Crippen molar-refractivity contribution in [1.29, 1.82) is 0 Å². The number of hydrogen-bond donors (Lipinski definition) is 2. The van der Waals surface area contributed by atoms with Crippen molar-refractivity contribution < 1.29 is 23.5 Å². The van der Waals surface area contributed by atoms with Gasteiger partial charge in [0, 0.05) is 13.3 Å². The Labute approximate surface area is 146 Å². The van der Waals surface area contributed by atoms with Gasteiger partial charge in [-0.3, -0.25) is 9.59 Å². The van der Waals surface area contributed by atoms with Crippen molar-refractivity contribution in [2.24, 2.45) is 0 Å². The number of allylic oxidation sites excluding steroid dienone is 1. The topological polar surface area (TPSA) is 84.5 Å². The molecule has 0 heterocycles. The molecule has 0 aliphatic heterocycles. The van der Waals surface area contributed by atoms with E-state index in [9.17, 15) is 18.8 Å². The average Bonchev–Trinajstić information content (AvgIpc) is 2.58.